The lowest BCUT2D eigenvalue weighted by Gasteiger charge is -2.28. The van der Waals surface area contributed by atoms with Gasteiger partial charge >= 0.3 is 6.03 Å². The van der Waals surface area contributed by atoms with E-state index in [1.54, 1.807) is 104 Å². The van der Waals surface area contributed by atoms with E-state index < -0.39 is 18.2 Å². The molecule has 280 valence electrons. The van der Waals surface area contributed by atoms with Gasteiger partial charge in [-0.1, -0.05) is 76.1 Å². The maximum Gasteiger partial charge on any atom is 0.340 e. The number of aliphatic hydroxyl groups is 2. The van der Waals surface area contributed by atoms with Crippen molar-refractivity contribution in [3.63, 3.8) is 0 Å². The highest BCUT2D eigenvalue weighted by molar-refractivity contribution is 6.11. The molecule has 2 unspecified atom stereocenters. The molecule has 6 rings (SSSR count). The smallest absolute Gasteiger partial charge is 0.340 e. The van der Waals surface area contributed by atoms with Crippen LogP contribution >= 0.6 is 0 Å². The SMILES string of the molecule is CC(O)c1ccc(Oc2ccc(N(C(=O)N(c3cc(C(C)(C)C)on3)c3cc(C(C)(C)C)on3)c3ccc(Oc4ccc(C(C)O)cc4)cc3)cc2)cc1. The van der Waals surface area contributed by atoms with Crippen LogP contribution in [-0.4, -0.2) is 26.6 Å². The highest BCUT2D eigenvalue weighted by Crippen LogP contribution is 2.38. The van der Waals surface area contributed by atoms with Crippen molar-refractivity contribution in [1.82, 2.24) is 10.3 Å². The molecule has 0 aliphatic rings. The number of benzene rings is 4. The van der Waals surface area contributed by atoms with Gasteiger partial charge in [-0.25, -0.2) is 9.69 Å². The largest absolute Gasteiger partial charge is 0.457 e. The molecule has 0 bridgehead atoms. The number of hydrogen-bond acceptors (Lipinski definition) is 9. The molecule has 0 radical (unpaired) electrons. The van der Waals surface area contributed by atoms with E-state index in [4.69, 9.17) is 18.5 Å². The number of aliphatic hydroxyl groups excluding tert-OH is 2. The Labute approximate surface area is 315 Å². The summed E-state index contributed by atoms with van der Waals surface area (Å²) in [4.78, 5) is 18.0. The monoisotopic (exact) mass is 730 g/mol. The van der Waals surface area contributed by atoms with Gasteiger partial charge in [0.15, 0.2) is 11.6 Å². The standard InChI is InChI=1S/C43H46N4O7/c1-27(48)29-9-17-33(18-10-29)51-35-21-13-31(14-22-35)46(32-15-23-36(24-16-32)52-34-19-11-30(12-20-34)28(2)49)41(50)47(39-25-37(53-44-39)42(3,4)5)40-26-38(54-45-40)43(6,7)8/h9-28,48-49H,1-8H3. The predicted octanol–water partition coefficient (Wildman–Crippen LogP) is 11.0. The van der Waals surface area contributed by atoms with Crippen molar-refractivity contribution in [2.75, 3.05) is 9.80 Å². The Morgan fingerprint density at radius 3 is 1.15 bits per heavy atom. The Kier molecular flexibility index (Phi) is 10.7. The predicted molar refractivity (Wildman–Crippen MR) is 207 cm³/mol. The van der Waals surface area contributed by atoms with Crippen LogP contribution in [0.3, 0.4) is 0 Å². The first-order valence-corrected chi connectivity index (χ1v) is 17.8. The van der Waals surface area contributed by atoms with E-state index in [0.717, 1.165) is 11.1 Å². The van der Waals surface area contributed by atoms with Crippen molar-refractivity contribution < 1.29 is 33.5 Å². The molecule has 6 aromatic rings. The van der Waals surface area contributed by atoms with Crippen LogP contribution in [0.25, 0.3) is 0 Å². The summed E-state index contributed by atoms with van der Waals surface area (Å²) in [7, 11) is 0. The molecule has 0 aliphatic heterocycles. The normalized spacial score (nSPS) is 12.9. The second-order valence-electron chi connectivity index (χ2n) is 15.2. The molecule has 0 spiro atoms. The third-order valence-corrected chi connectivity index (χ3v) is 8.70. The minimum absolute atomic E-state index is 0.241. The van der Waals surface area contributed by atoms with E-state index in [1.165, 1.54) is 4.90 Å². The molecular formula is C43H46N4O7. The summed E-state index contributed by atoms with van der Waals surface area (Å²) in [5.41, 5.74) is 1.88. The highest BCUT2D eigenvalue weighted by Gasteiger charge is 2.34. The quantitative estimate of drug-likeness (QED) is 0.141. The minimum Gasteiger partial charge on any atom is -0.457 e. The first kappa shape index (κ1) is 37.8. The van der Waals surface area contributed by atoms with Crippen LogP contribution in [0.5, 0.6) is 23.0 Å². The van der Waals surface area contributed by atoms with Gasteiger partial charge in [0.2, 0.25) is 0 Å². The average molecular weight is 731 g/mol. The fraction of sp³-hybridized carbons (Fsp3) is 0.279. The Balaban J connectivity index is 1.39. The van der Waals surface area contributed by atoms with Crippen LogP contribution in [0.15, 0.2) is 118 Å². The van der Waals surface area contributed by atoms with Crippen molar-refractivity contribution in [2.24, 2.45) is 0 Å². The van der Waals surface area contributed by atoms with Gasteiger partial charge in [-0.3, -0.25) is 4.90 Å². The van der Waals surface area contributed by atoms with Gasteiger partial charge in [0.1, 0.15) is 34.5 Å². The summed E-state index contributed by atoms with van der Waals surface area (Å²) in [6.07, 6.45) is -1.17. The molecule has 2 N–H and O–H groups in total. The summed E-state index contributed by atoms with van der Waals surface area (Å²) in [5, 5.41) is 28.4. The lowest BCUT2D eigenvalue weighted by molar-refractivity contribution is 0.199. The average Bonchev–Trinajstić information content (AvgIpc) is 3.82. The third-order valence-electron chi connectivity index (χ3n) is 8.70. The number of carbonyl (C=O) groups excluding carboxylic acids is 1. The molecule has 2 heterocycles. The Morgan fingerprint density at radius 2 is 0.870 bits per heavy atom. The molecular weight excluding hydrogens is 684 g/mol. The summed E-state index contributed by atoms with van der Waals surface area (Å²) >= 11 is 0. The third kappa shape index (κ3) is 8.65. The van der Waals surface area contributed by atoms with E-state index in [1.807, 2.05) is 65.8 Å². The van der Waals surface area contributed by atoms with Crippen LogP contribution in [0.1, 0.15) is 90.2 Å². The molecule has 0 fully saturated rings. The second kappa shape index (κ2) is 15.2. The maximum absolute atomic E-state index is 15.1. The zero-order valence-corrected chi connectivity index (χ0v) is 31.8. The minimum atomic E-state index is -0.584. The van der Waals surface area contributed by atoms with E-state index in [9.17, 15) is 10.2 Å². The van der Waals surface area contributed by atoms with Crippen molar-refractivity contribution in [1.29, 1.82) is 0 Å². The van der Waals surface area contributed by atoms with Crippen molar-refractivity contribution >= 4 is 29.0 Å². The molecule has 2 amide bonds. The van der Waals surface area contributed by atoms with Crippen LogP contribution in [0.2, 0.25) is 0 Å². The first-order chi connectivity index (χ1) is 25.6. The molecule has 2 aromatic heterocycles. The van der Waals surface area contributed by atoms with E-state index in [-0.39, 0.29) is 22.5 Å². The van der Waals surface area contributed by atoms with Crippen molar-refractivity contribution in [2.45, 2.75) is 78.4 Å². The molecule has 4 aromatic carbocycles. The first-order valence-electron chi connectivity index (χ1n) is 17.8. The highest BCUT2D eigenvalue weighted by atomic mass is 16.5. The summed E-state index contributed by atoms with van der Waals surface area (Å²) in [5.74, 6) is 3.97. The lowest BCUT2D eigenvalue weighted by atomic mass is 9.93. The number of rotatable bonds is 10. The van der Waals surface area contributed by atoms with E-state index >= 15 is 4.79 Å². The van der Waals surface area contributed by atoms with Gasteiger partial charge in [-0.05, 0) is 97.8 Å². The topological polar surface area (TPSA) is 135 Å². The number of hydrogen-bond donors (Lipinski definition) is 2. The number of aromatic nitrogens is 2. The number of anilines is 4. The zero-order valence-electron chi connectivity index (χ0n) is 31.8. The van der Waals surface area contributed by atoms with Gasteiger partial charge < -0.3 is 28.7 Å². The van der Waals surface area contributed by atoms with Gasteiger partial charge in [-0.15, -0.1) is 0 Å². The van der Waals surface area contributed by atoms with Gasteiger partial charge in [0.05, 0.1) is 23.6 Å². The van der Waals surface area contributed by atoms with Gasteiger partial charge in [0.25, 0.3) is 0 Å². The van der Waals surface area contributed by atoms with Crippen LogP contribution in [-0.2, 0) is 10.8 Å². The lowest BCUT2D eigenvalue weighted by Crippen LogP contribution is -2.38. The maximum atomic E-state index is 15.1. The Hall–Kier alpha value is -5.91. The Morgan fingerprint density at radius 1 is 0.556 bits per heavy atom. The van der Waals surface area contributed by atoms with Gasteiger partial charge in [0, 0.05) is 23.0 Å². The second-order valence-corrected chi connectivity index (χ2v) is 15.2. The van der Waals surface area contributed by atoms with Crippen LogP contribution in [0, 0.1) is 0 Å². The fourth-order valence-electron chi connectivity index (χ4n) is 5.46. The van der Waals surface area contributed by atoms with E-state index in [0.29, 0.717) is 45.9 Å². The molecule has 0 aliphatic carbocycles. The zero-order chi connectivity index (χ0) is 38.8. The van der Waals surface area contributed by atoms with Crippen LogP contribution in [0.4, 0.5) is 27.8 Å². The number of ether oxygens (including phenoxy) is 2. The van der Waals surface area contributed by atoms with E-state index in [2.05, 4.69) is 10.3 Å². The van der Waals surface area contributed by atoms with Crippen molar-refractivity contribution in [3.8, 4) is 23.0 Å². The molecule has 11 heteroatoms. The number of carbonyl (C=O) groups is 1. The molecule has 54 heavy (non-hydrogen) atoms. The molecule has 0 saturated carbocycles. The van der Waals surface area contributed by atoms with Crippen molar-refractivity contribution in [3.05, 3.63) is 132 Å². The molecule has 11 nitrogen and oxygen atoms in total. The summed E-state index contributed by atoms with van der Waals surface area (Å²) in [6, 6.07) is 31.7. The van der Waals surface area contributed by atoms with Gasteiger partial charge in [-0.2, -0.15) is 0 Å². The molecule has 2 atom stereocenters. The number of nitrogens with zero attached hydrogens (tertiary/aromatic N) is 4. The molecule has 0 saturated heterocycles. The summed E-state index contributed by atoms with van der Waals surface area (Å²) in [6.45, 7) is 15.4. The Bertz CT molecular complexity index is 2010. The number of urea groups is 1. The number of amides is 2. The van der Waals surface area contributed by atoms with Crippen LogP contribution < -0.4 is 19.3 Å². The fourth-order valence-corrected chi connectivity index (χ4v) is 5.46. The summed E-state index contributed by atoms with van der Waals surface area (Å²) < 4.78 is 23.7.